The Balaban J connectivity index is 1.63. The van der Waals surface area contributed by atoms with Crippen molar-refractivity contribution in [1.82, 2.24) is 21.0 Å². The van der Waals surface area contributed by atoms with Crippen molar-refractivity contribution < 1.29 is 14.0 Å². The fourth-order valence-electron chi connectivity index (χ4n) is 2.06. The molecule has 0 saturated heterocycles. The van der Waals surface area contributed by atoms with E-state index in [-0.39, 0.29) is 11.5 Å². The van der Waals surface area contributed by atoms with Crippen molar-refractivity contribution in [2.75, 3.05) is 0 Å². The lowest BCUT2D eigenvalue weighted by molar-refractivity contribution is 0.0844. The van der Waals surface area contributed by atoms with Crippen molar-refractivity contribution >= 4 is 27.7 Å². The Morgan fingerprint density at radius 2 is 1.60 bits per heavy atom. The van der Waals surface area contributed by atoms with Gasteiger partial charge in [0.05, 0.1) is 5.69 Å². The van der Waals surface area contributed by atoms with Gasteiger partial charge < -0.3 is 0 Å². The van der Waals surface area contributed by atoms with E-state index < -0.39 is 11.8 Å². The summed E-state index contributed by atoms with van der Waals surface area (Å²) < 4.78 is 13.8. The van der Waals surface area contributed by atoms with Crippen LogP contribution in [0.3, 0.4) is 0 Å². The maximum Gasteiger partial charge on any atom is 0.287 e. The summed E-state index contributed by atoms with van der Waals surface area (Å²) in [7, 11) is 0. The molecule has 8 heteroatoms. The number of aromatic nitrogens is 2. The molecule has 2 aromatic carbocycles. The molecule has 3 aromatic rings. The van der Waals surface area contributed by atoms with Crippen LogP contribution < -0.4 is 10.9 Å². The number of H-pyrrole nitrogens is 1. The van der Waals surface area contributed by atoms with Crippen LogP contribution >= 0.6 is 15.9 Å². The minimum Gasteiger partial charge on any atom is -0.272 e. The second-order valence-corrected chi connectivity index (χ2v) is 6.00. The average Bonchev–Trinajstić information content (AvgIpc) is 3.11. The van der Waals surface area contributed by atoms with Crippen LogP contribution in [0.4, 0.5) is 4.39 Å². The summed E-state index contributed by atoms with van der Waals surface area (Å²) in [6.07, 6.45) is 0. The zero-order chi connectivity index (χ0) is 17.8. The Bertz CT molecular complexity index is 907. The second-order valence-electron chi connectivity index (χ2n) is 5.09. The molecule has 3 N–H and O–H groups in total. The normalized spacial score (nSPS) is 10.3. The molecule has 1 heterocycles. The van der Waals surface area contributed by atoms with Gasteiger partial charge >= 0.3 is 0 Å². The lowest BCUT2D eigenvalue weighted by atomic mass is 10.1. The number of hydrogen-bond acceptors (Lipinski definition) is 3. The molecule has 25 heavy (non-hydrogen) atoms. The van der Waals surface area contributed by atoms with Gasteiger partial charge in [-0.15, -0.1) is 0 Å². The average molecular weight is 403 g/mol. The second kappa shape index (κ2) is 7.27. The number of carbonyl (C=O) groups is 2. The van der Waals surface area contributed by atoms with Gasteiger partial charge in [-0.2, -0.15) is 5.10 Å². The number of carbonyl (C=O) groups excluding carboxylic acids is 2. The van der Waals surface area contributed by atoms with Gasteiger partial charge in [-0.1, -0.05) is 15.9 Å². The van der Waals surface area contributed by atoms with Crippen LogP contribution in [0.2, 0.25) is 0 Å². The summed E-state index contributed by atoms with van der Waals surface area (Å²) in [5, 5.41) is 6.58. The van der Waals surface area contributed by atoms with Crippen LogP contribution in [0, 0.1) is 5.82 Å². The summed E-state index contributed by atoms with van der Waals surface area (Å²) in [6.45, 7) is 0. The van der Waals surface area contributed by atoms with E-state index in [2.05, 4.69) is 37.0 Å². The Morgan fingerprint density at radius 1 is 0.960 bits per heavy atom. The quantitative estimate of drug-likeness (QED) is 0.588. The van der Waals surface area contributed by atoms with Gasteiger partial charge in [0.25, 0.3) is 11.8 Å². The molecule has 0 fully saturated rings. The molecule has 0 radical (unpaired) electrons. The molecule has 0 saturated carbocycles. The van der Waals surface area contributed by atoms with E-state index in [1.807, 2.05) is 0 Å². The number of aromatic amines is 1. The molecule has 6 nitrogen and oxygen atoms in total. The van der Waals surface area contributed by atoms with E-state index in [1.54, 1.807) is 36.4 Å². The monoisotopic (exact) mass is 402 g/mol. The third-order valence-corrected chi connectivity index (χ3v) is 3.89. The number of benzene rings is 2. The Morgan fingerprint density at radius 3 is 2.28 bits per heavy atom. The SMILES string of the molecule is O=C(NNC(=O)c1cc(-c2ccc(F)cc2)n[nH]1)c1ccc(Br)cc1. The van der Waals surface area contributed by atoms with Crippen LogP contribution in [0.1, 0.15) is 20.8 Å². The highest BCUT2D eigenvalue weighted by molar-refractivity contribution is 9.10. The number of amides is 2. The van der Waals surface area contributed by atoms with Gasteiger partial charge in [-0.3, -0.25) is 25.5 Å². The van der Waals surface area contributed by atoms with Crippen molar-refractivity contribution in [1.29, 1.82) is 0 Å². The van der Waals surface area contributed by atoms with E-state index in [9.17, 15) is 14.0 Å². The summed E-state index contributed by atoms with van der Waals surface area (Å²) in [5.74, 6) is -1.35. The first kappa shape index (κ1) is 16.8. The van der Waals surface area contributed by atoms with Crippen molar-refractivity contribution in [3.05, 3.63) is 76.1 Å². The van der Waals surface area contributed by atoms with E-state index in [1.165, 1.54) is 18.2 Å². The van der Waals surface area contributed by atoms with Gasteiger partial charge in [0.2, 0.25) is 0 Å². The van der Waals surface area contributed by atoms with Crippen molar-refractivity contribution in [3.8, 4) is 11.3 Å². The van der Waals surface area contributed by atoms with Gasteiger partial charge in [-0.05, 0) is 54.6 Å². The number of rotatable bonds is 3. The Kier molecular flexibility index (Phi) is 4.90. The minimum absolute atomic E-state index is 0.162. The molecule has 0 aliphatic heterocycles. The molecule has 0 bridgehead atoms. The smallest absolute Gasteiger partial charge is 0.272 e. The first-order valence-electron chi connectivity index (χ1n) is 7.20. The highest BCUT2D eigenvalue weighted by Gasteiger charge is 2.12. The van der Waals surface area contributed by atoms with Gasteiger partial charge in [0.15, 0.2) is 0 Å². The summed E-state index contributed by atoms with van der Waals surface area (Å²) >= 11 is 3.28. The van der Waals surface area contributed by atoms with E-state index in [4.69, 9.17) is 0 Å². The Hall–Kier alpha value is -3.00. The first-order valence-corrected chi connectivity index (χ1v) is 8.00. The zero-order valence-corrected chi connectivity index (χ0v) is 14.3. The molecular weight excluding hydrogens is 391 g/mol. The number of hydrazine groups is 1. The van der Waals surface area contributed by atoms with Crippen molar-refractivity contribution in [2.24, 2.45) is 0 Å². The maximum atomic E-state index is 12.9. The van der Waals surface area contributed by atoms with Crippen molar-refractivity contribution in [3.63, 3.8) is 0 Å². The van der Waals surface area contributed by atoms with Crippen LogP contribution in [-0.4, -0.2) is 22.0 Å². The number of nitrogens with one attached hydrogen (secondary N) is 3. The molecule has 0 aliphatic rings. The van der Waals surface area contributed by atoms with Crippen molar-refractivity contribution in [2.45, 2.75) is 0 Å². The number of halogens is 2. The largest absolute Gasteiger partial charge is 0.287 e. The minimum atomic E-state index is -0.550. The van der Waals surface area contributed by atoms with E-state index in [0.29, 0.717) is 16.8 Å². The first-order chi connectivity index (χ1) is 12.0. The summed E-state index contributed by atoms with van der Waals surface area (Å²) in [6, 6.07) is 13.9. The molecule has 2 amide bonds. The standard InChI is InChI=1S/C17H12BrFN4O2/c18-12-5-1-11(2-6-12)16(24)22-23-17(25)15-9-14(20-21-15)10-3-7-13(19)8-4-10/h1-9H,(H,20,21)(H,22,24)(H,23,25). The molecule has 0 atom stereocenters. The molecule has 1 aromatic heterocycles. The summed E-state index contributed by atoms with van der Waals surface area (Å²) in [5.41, 5.74) is 6.34. The predicted molar refractivity (Wildman–Crippen MR) is 93.1 cm³/mol. The van der Waals surface area contributed by atoms with Gasteiger partial charge in [0, 0.05) is 15.6 Å². The molecule has 126 valence electrons. The molecular formula is C17H12BrFN4O2. The third kappa shape index (κ3) is 4.10. The highest BCUT2D eigenvalue weighted by atomic mass is 79.9. The highest BCUT2D eigenvalue weighted by Crippen LogP contribution is 2.17. The molecule has 0 spiro atoms. The number of nitrogens with zero attached hydrogens (tertiary/aromatic N) is 1. The Labute approximate surface area is 150 Å². The van der Waals surface area contributed by atoms with Crippen LogP contribution in [0.5, 0.6) is 0 Å². The summed E-state index contributed by atoms with van der Waals surface area (Å²) in [4.78, 5) is 24.0. The molecule has 0 aliphatic carbocycles. The third-order valence-electron chi connectivity index (χ3n) is 3.36. The maximum absolute atomic E-state index is 12.9. The van der Waals surface area contributed by atoms with Crippen LogP contribution in [0.15, 0.2) is 59.1 Å². The van der Waals surface area contributed by atoms with E-state index in [0.717, 1.165) is 4.47 Å². The fraction of sp³-hybridized carbons (Fsp3) is 0. The van der Waals surface area contributed by atoms with Crippen LogP contribution in [-0.2, 0) is 0 Å². The van der Waals surface area contributed by atoms with E-state index >= 15 is 0 Å². The van der Waals surface area contributed by atoms with Gasteiger partial charge in [0.1, 0.15) is 11.5 Å². The lowest BCUT2D eigenvalue weighted by Crippen LogP contribution is -2.41. The fourth-order valence-corrected chi connectivity index (χ4v) is 2.33. The zero-order valence-electron chi connectivity index (χ0n) is 12.7. The molecule has 0 unspecified atom stereocenters. The van der Waals surface area contributed by atoms with Crippen LogP contribution in [0.25, 0.3) is 11.3 Å². The number of hydrogen-bond donors (Lipinski definition) is 3. The topological polar surface area (TPSA) is 86.9 Å². The lowest BCUT2D eigenvalue weighted by Gasteiger charge is -2.06. The molecule has 3 rings (SSSR count). The van der Waals surface area contributed by atoms with Gasteiger partial charge in [-0.25, -0.2) is 4.39 Å². The predicted octanol–water partition coefficient (Wildman–Crippen LogP) is 3.05.